The number of ether oxygens (including phenoxy) is 3. The predicted molar refractivity (Wildman–Crippen MR) is 340 cm³/mol. The van der Waals surface area contributed by atoms with E-state index < -0.39 is 0 Å². The standard InChI is InChI=1S/C34H48N4O5.C34H48N4O4/c1-7-25-28(38(8-2)24-11-15-42-16-12-24)19-31-26(18-29(43-31)23-9-13-37(14-10-23)21(3)4)32(25)34(40)35-20-27-30(41-6)17-22(5)36-33(27)39;1-7-26-29(38(8-2)25-11-15-41-16-12-25)19-31-27(18-30(42-31)24-9-13-37(14-10-24)21(3)4)32(26)34(40)35-20-28-22(5)17-23(6)36-33(28)39/h17-19,21,23-24H,7-16,20H2,1-6H3,(H,35,40)(H,36,39);17-19,21,24-25H,7-16,20H2,1-6H3,(H,35,40)(H,36,39). The summed E-state index contributed by atoms with van der Waals surface area (Å²) >= 11 is 0. The van der Waals surface area contributed by atoms with Crippen molar-refractivity contribution in [2.24, 2.45) is 0 Å². The van der Waals surface area contributed by atoms with Crippen molar-refractivity contribution in [1.82, 2.24) is 30.4 Å². The van der Waals surface area contributed by atoms with E-state index in [0.717, 1.165) is 184 Å². The zero-order valence-corrected chi connectivity index (χ0v) is 52.9. The lowest BCUT2D eigenvalue weighted by molar-refractivity contribution is 0.0845. The van der Waals surface area contributed by atoms with Gasteiger partial charge in [-0.15, -0.1) is 0 Å². The van der Waals surface area contributed by atoms with E-state index >= 15 is 0 Å². The van der Waals surface area contributed by atoms with E-state index in [1.54, 1.807) is 6.07 Å². The number of H-pyrrole nitrogens is 2. The van der Waals surface area contributed by atoms with Crippen molar-refractivity contribution in [2.45, 2.75) is 189 Å². The molecule has 0 atom stereocenters. The number of fused-ring (bicyclic) bond motifs is 2. The molecule has 4 aromatic heterocycles. The number of hydrogen-bond acceptors (Lipinski definition) is 13. The number of pyridine rings is 2. The monoisotopic (exact) mass is 1170 g/mol. The molecule has 4 saturated heterocycles. The fraction of sp³-hybridized carbons (Fsp3) is 0.588. The van der Waals surface area contributed by atoms with Gasteiger partial charge in [0.15, 0.2) is 0 Å². The van der Waals surface area contributed by atoms with Gasteiger partial charge >= 0.3 is 0 Å². The Morgan fingerprint density at radius 2 is 0.976 bits per heavy atom. The summed E-state index contributed by atoms with van der Waals surface area (Å²) in [5, 5.41) is 7.88. The molecule has 0 radical (unpaired) electrons. The lowest BCUT2D eigenvalue weighted by Crippen LogP contribution is -2.40. The van der Waals surface area contributed by atoms with E-state index in [4.69, 9.17) is 23.0 Å². The zero-order valence-electron chi connectivity index (χ0n) is 52.9. The number of rotatable bonds is 19. The van der Waals surface area contributed by atoms with Crippen molar-refractivity contribution in [1.29, 1.82) is 0 Å². The maximum absolute atomic E-state index is 14.2. The second-order valence-electron chi connectivity index (χ2n) is 24.5. The van der Waals surface area contributed by atoms with Crippen LogP contribution in [0.15, 0.2) is 54.8 Å². The van der Waals surface area contributed by atoms with Gasteiger partial charge < -0.3 is 63.2 Å². The van der Waals surface area contributed by atoms with E-state index in [1.807, 2.05) is 26.8 Å². The molecule has 0 spiro atoms. The fourth-order valence-corrected chi connectivity index (χ4v) is 13.9. The third kappa shape index (κ3) is 14.1. The number of benzene rings is 2. The number of likely N-dealkylation sites (tertiary alicyclic amines) is 2. The summed E-state index contributed by atoms with van der Waals surface area (Å²) in [5.74, 6) is 2.67. The molecule has 6 aromatic rings. The summed E-state index contributed by atoms with van der Waals surface area (Å²) in [6.45, 7) is 32.2. The van der Waals surface area contributed by atoms with Gasteiger partial charge in [-0.05, 0) is 194 Å². The highest BCUT2D eigenvalue weighted by Gasteiger charge is 2.33. The van der Waals surface area contributed by atoms with Crippen molar-refractivity contribution in [3.8, 4) is 5.75 Å². The summed E-state index contributed by atoms with van der Waals surface area (Å²) < 4.78 is 30.1. The number of aromatic amines is 2. The third-order valence-corrected chi connectivity index (χ3v) is 18.7. The number of carbonyl (C=O) groups excluding carboxylic acids is 2. The Morgan fingerprint density at radius 1 is 0.576 bits per heavy atom. The van der Waals surface area contributed by atoms with Gasteiger partial charge in [-0.2, -0.15) is 0 Å². The highest BCUT2D eigenvalue weighted by molar-refractivity contribution is 6.10. The number of carbonyl (C=O) groups is 2. The lowest BCUT2D eigenvalue weighted by atomic mass is 9.92. The first-order valence-corrected chi connectivity index (χ1v) is 31.8. The molecule has 2 amide bonds. The molecule has 462 valence electrons. The number of aromatic nitrogens is 2. The van der Waals surface area contributed by atoms with Crippen LogP contribution in [0.25, 0.3) is 21.9 Å². The molecule has 85 heavy (non-hydrogen) atoms. The minimum absolute atomic E-state index is 0.0579. The molecular weight excluding hydrogens is 1070 g/mol. The van der Waals surface area contributed by atoms with Crippen molar-refractivity contribution in [3.63, 3.8) is 0 Å². The Kier molecular flexibility index (Phi) is 21.1. The third-order valence-electron chi connectivity index (χ3n) is 18.7. The van der Waals surface area contributed by atoms with Crippen molar-refractivity contribution in [2.75, 3.05) is 82.6 Å². The molecular formula is C68H96N8O9. The highest BCUT2D eigenvalue weighted by Crippen LogP contribution is 2.42. The summed E-state index contributed by atoms with van der Waals surface area (Å²) in [5.41, 5.74) is 9.94. The smallest absolute Gasteiger partial charge is 0.256 e. The minimum Gasteiger partial charge on any atom is -0.496 e. The van der Waals surface area contributed by atoms with Gasteiger partial charge in [0.25, 0.3) is 22.9 Å². The average molecular weight is 1170 g/mol. The van der Waals surface area contributed by atoms with Crippen LogP contribution in [-0.2, 0) is 35.4 Å². The van der Waals surface area contributed by atoms with Crippen LogP contribution in [0.1, 0.15) is 190 Å². The van der Waals surface area contributed by atoms with Crippen LogP contribution in [0, 0.1) is 20.8 Å². The Balaban J connectivity index is 0.000000204. The predicted octanol–water partition coefficient (Wildman–Crippen LogP) is 11.3. The number of nitrogens with zero attached hydrogens (tertiary/aromatic N) is 4. The minimum atomic E-state index is -0.262. The molecule has 17 heteroatoms. The molecule has 0 bridgehead atoms. The van der Waals surface area contributed by atoms with Gasteiger partial charge in [0, 0.05) is 133 Å². The molecule has 8 heterocycles. The quantitative estimate of drug-likeness (QED) is 0.0600. The first-order valence-electron chi connectivity index (χ1n) is 31.8. The van der Waals surface area contributed by atoms with Crippen LogP contribution in [-0.4, -0.2) is 129 Å². The first-order chi connectivity index (χ1) is 41.0. The van der Waals surface area contributed by atoms with Gasteiger partial charge in [0.05, 0.1) is 30.3 Å². The first kappa shape index (κ1) is 63.1. The van der Waals surface area contributed by atoms with Crippen LogP contribution in [0.4, 0.5) is 11.4 Å². The van der Waals surface area contributed by atoms with Gasteiger partial charge in [-0.3, -0.25) is 19.2 Å². The van der Waals surface area contributed by atoms with Crippen LogP contribution >= 0.6 is 0 Å². The Hall–Kier alpha value is -6.40. The Bertz CT molecular complexity index is 3380. The summed E-state index contributed by atoms with van der Waals surface area (Å²) in [4.78, 5) is 69.4. The Labute approximate surface area is 502 Å². The maximum atomic E-state index is 14.2. The Morgan fingerprint density at radius 3 is 1.35 bits per heavy atom. The molecule has 4 aliphatic heterocycles. The molecule has 4 N–H and O–H groups in total. The summed E-state index contributed by atoms with van der Waals surface area (Å²) in [6, 6.07) is 14.0. The highest BCUT2D eigenvalue weighted by atomic mass is 16.5. The van der Waals surface area contributed by atoms with E-state index in [1.165, 1.54) is 7.11 Å². The largest absolute Gasteiger partial charge is 0.496 e. The number of hydrogen-bond donors (Lipinski definition) is 4. The van der Waals surface area contributed by atoms with Gasteiger partial charge in [0.2, 0.25) is 0 Å². The van der Waals surface area contributed by atoms with E-state index in [9.17, 15) is 19.2 Å². The number of furan rings is 2. The number of anilines is 2. The van der Waals surface area contributed by atoms with Crippen LogP contribution in [0.5, 0.6) is 5.75 Å². The molecule has 17 nitrogen and oxygen atoms in total. The molecule has 4 aliphatic rings. The molecule has 10 rings (SSSR count). The van der Waals surface area contributed by atoms with Crippen molar-refractivity contribution < 1.29 is 32.6 Å². The number of piperidine rings is 2. The van der Waals surface area contributed by atoms with E-state index in [-0.39, 0.29) is 36.0 Å². The molecule has 4 fully saturated rings. The maximum Gasteiger partial charge on any atom is 0.256 e. The van der Waals surface area contributed by atoms with Crippen LogP contribution in [0.2, 0.25) is 0 Å². The lowest BCUT2D eigenvalue weighted by Gasteiger charge is -2.37. The van der Waals surface area contributed by atoms with Crippen molar-refractivity contribution >= 4 is 45.1 Å². The molecule has 0 aliphatic carbocycles. The average Bonchev–Trinajstić information content (AvgIpc) is 2.37. The van der Waals surface area contributed by atoms with Gasteiger partial charge in [-0.25, -0.2) is 0 Å². The zero-order chi connectivity index (χ0) is 60.6. The fourth-order valence-electron chi connectivity index (χ4n) is 13.9. The molecule has 0 saturated carbocycles. The number of methoxy groups -OCH3 is 1. The summed E-state index contributed by atoms with van der Waals surface area (Å²) in [6.07, 6.45) is 9.39. The normalized spacial score (nSPS) is 17.2. The van der Waals surface area contributed by atoms with Crippen LogP contribution in [0.3, 0.4) is 0 Å². The van der Waals surface area contributed by atoms with Gasteiger partial charge in [0.1, 0.15) is 28.4 Å². The summed E-state index contributed by atoms with van der Waals surface area (Å²) in [7, 11) is 1.54. The topological polar surface area (TPSA) is 191 Å². The number of nitrogens with one attached hydrogen (secondary N) is 4. The number of aryl methyl sites for hydroxylation is 3. The van der Waals surface area contributed by atoms with E-state index in [2.05, 4.69) is 120 Å². The van der Waals surface area contributed by atoms with Gasteiger partial charge in [-0.1, -0.05) is 13.8 Å². The van der Waals surface area contributed by atoms with Crippen molar-refractivity contribution in [3.05, 3.63) is 119 Å². The second kappa shape index (κ2) is 28.4. The molecule has 0 unspecified atom stereocenters. The van der Waals surface area contributed by atoms with Crippen LogP contribution < -0.4 is 36.3 Å². The van der Waals surface area contributed by atoms with E-state index in [0.29, 0.717) is 82.5 Å². The number of amides is 2. The molecule has 2 aromatic carbocycles. The SMILES string of the molecule is CCc1c(N(CC)C2CCOCC2)cc2oc(C3CCN(C(C)C)CC3)cc2c1C(=O)NCc1c(C)cc(C)[nH]c1=O.CCc1c(N(CC)C2CCOCC2)cc2oc(C3CCN(C(C)C)CC3)cc2c1C(=O)NCc1c(OC)cc(C)[nH]c1=O. The second-order valence-corrected chi connectivity index (χ2v) is 24.5.